The van der Waals surface area contributed by atoms with Crippen molar-refractivity contribution < 1.29 is 18.7 Å². The van der Waals surface area contributed by atoms with E-state index in [0.717, 1.165) is 31.6 Å². The van der Waals surface area contributed by atoms with Crippen molar-refractivity contribution >= 4 is 11.9 Å². The summed E-state index contributed by atoms with van der Waals surface area (Å²) in [7, 11) is 1.41. The molecular formula is C19H25FN2O3. The third-order valence-electron chi connectivity index (χ3n) is 5.42. The summed E-state index contributed by atoms with van der Waals surface area (Å²) in [6.07, 6.45) is 1.20. The van der Waals surface area contributed by atoms with Crippen LogP contribution >= 0.6 is 0 Å². The van der Waals surface area contributed by atoms with Crippen molar-refractivity contribution in [2.75, 3.05) is 33.3 Å². The van der Waals surface area contributed by atoms with Crippen molar-refractivity contribution in [3.8, 4) is 0 Å². The van der Waals surface area contributed by atoms with E-state index in [4.69, 9.17) is 0 Å². The molecule has 0 aromatic heterocycles. The molecule has 3 atom stereocenters. The number of carbonyl (C=O) groups excluding carboxylic acids is 2. The maximum atomic E-state index is 13.7. The molecule has 3 rings (SSSR count). The molecule has 2 fully saturated rings. The van der Waals surface area contributed by atoms with Gasteiger partial charge in [0.1, 0.15) is 5.82 Å². The standard InChI is InChI=1S/C19H25FN2O3/c1-13(23)22-11-15-10-21(8-4-7-18(24)25-2)12-17(15)19(22)14-5-3-6-16(20)9-14/h3,5-6,9,15,17,19H,4,7-8,10-12H2,1-2H3/t15-,17-,19+/m1/s1. The summed E-state index contributed by atoms with van der Waals surface area (Å²) in [5.41, 5.74) is 0.874. The van der Waals surface area contributed by atoms with Crippen LogP contribution in [0.3, 0.4) is 0 Å². The Kier molecular flexibility index (Phi) is 5.37. The molecule has 0 bridgehead atoms. The molecule has 0 N–H and O–H groups in total. The van der Waals surface area contributed by atoms with Gasteiger partial charge in [0.05, 0.1) is 13.2 Å². The second-order valence-electron chi connectivity index (χ2n) is 7.03. The Balaban J connectivity index is 1.69. The number of hydrogen-bond donors (Lipinski definition) is 0. The molecule has 0 aliphatic carbocycles. The molecule has 0 spiro atoms. The minimum Gasteiger partial charge on any atom is -0.469 e. The molecule has 1 aromatic carbocycles. The molecule has 136 valence electrons. The second-order valence-corrected chi connectivity index (χ2v) is 7.03. The number of esters is 1. The van der Waals surface area contributed by atoms with Crippen LogP contribution in [0.5, 0.6) is 0 Å². The first kappa shape index (κ1) is 17.9. The number of fused-ring (bicyclic) bond motifs is 1. The van der Waals surface area contributed by atoms with Crippen molar-refractivity contribution in [2.24, 2.45) is 11.8 Å². The molecule has 1 amide bonds. The SMILES string of the molecule is COC(=O)CCCN1C[C@@H]2CN(C(C)=O)[C@@H](c3cccc(F)c3)[C@@H]2C1. The highest BCUT2D eigenvalue weighted by atomic mass is 19.1. The summed E-state index contributed by atoms with van der Waals surface area (Å²) in [6.45, 7) is 4.94. The van der Waals surface area contributed by atoms with Crippen LogP contribution in [-0.4, -0.2) is 55.0 Å². The van der Waals surface area contributed by atoms with Gasteiger partial charge in [-0.1, -0.05) is 12.1 Å². The van der Waals surface area contributed by atoms with E-state index >= 15 is 0 Å². The Morgan fingerprint density at radius 2 is 2.08 bits per heavy atom. The zero-order valence-corrected chi connectivity index (χ0v) is 14.8. The van der Waals surface area contributed by atoms with Gasteiger partial charge in [0.25, 0.3) is 0 Å². The molecule has 2 aliphatic heterocycles. The number of amides is 1. The molecular weight excluding hydrogens is 323 g/mol. The lowest BCUT2D eigenvalue weighted by Crippen LogP contribution is -2.34. The fourth-order valence-electron chi connectivity index (χ4n) is 4.31. The smallest absolute Gasteiger partial charge is 0.305 e. The Labute approximate surface area is 147 Å². The van der Waals surface area contributed by atoms with Gasteiger partial charge in [0.2, 0.25) is 5.91 Å². The molecule has 0 radical (unpaired) electrons. The van der Waals surface area contributed by atoms with E-state index in [9.17, 15) is 14.0 Å². The molecule has 6 heteroatoms. The highest BCUT2D eigenvalue weighted by Crippen LogP contribution is 2.45. The number of benzene rings is 1. The van der Waals surface area contributed by atoms with E-state index in [1.807, 2.05) is 11.0 Å². The quantitative estimate of drug-likeness (QED) is 0.766. The lowest BCUT2D eigenvalue weighted by atomic mass is 9.89. The maximum Gasteiger partial charge on any atom is 0.305 e. The molecule has 1 aromatic rings. The van der Waals surface area contributed by atoms with Crippen LogP contribution in [0.15, 0.2) is 24.3 Å². The molecule has 2 saturated heterocycles. The van der Waals surface area contributed by atoms with Gasteiger partial charge in [-0.05, 0) is 36.6 Å². The maximum absolute atomic E-state index is 13.7. The summed E-state index contributed by atoms with van der Waals surface area (Å²) < 4.78 is 18.4. The van der Waals surface area contributed by atoms with Crippen LogP contribution in [-0.2, 0) is 14.3 Å². The summed E-state index contributed by atoms with van der Waals surface area (Å²) >= 11 is 0. The third kappa shape index (κ3) is 3.84. The van der Waals surface area contributed by atoms with Crippen LogP contribution in [0.2, 0.25) is 0 Å². The highest BCUT2D eigenvalue weighted by molar-refractivity contribution is 5.74. The lowest BCUT2D eigenvalue weighted by Gasteiger charge is -2.29. The topological polar surface area (TPSA) is 49.9 Å². The molecule has 25 heavy (non-hydrogen) atoms. The number of ether oxygens (including phenoxy) is 1. The Morgan fingerprint density at radius 3 is 2.76 bits per heavy atom. The average molecular weight is 348 g/mol. The number of halogens is 1. The van der Waals surface area contributed by atoms with Crippen molar-refractivity contribution in [1.82, 2.24) is 9.80 Å². The summed E-state index contributed by atoms with van der Waals surface area (Å²) in [6, 6.07) is 6.53. The second kappa shape index (κ2) is 7.52. The molecule has 0 saturated carbocycles. The van der Waals surface area contributed by atoms with Crippen molar-refractivity contribution in [2.45, 2.75) is 25.8 Å². The largest absolute Gasteiger partial charge is 0.469 e. The first-order valence-corrected chi connectivity index (χ1v) is 8.81. The van der Waals surface area contributed by atoms with Crippen LogP contribution < -0.4 is 0 Å². The summed E-state index contributed by atoms with van der Waals surface area (Å²) in [5.74, 6) is 0.303. The summed E-state index contributed by atoms with van der Waals surface area (Å²) in [4.78, 5) is 27.6. The first-order chi connectivity index (χ1) is 12.0. The molecule has 2 heterocycles. The van der Waals surface area contributed by atoms with Crippen LogP contribution in [0.25, 0.3) is 0 Å². The Hall–Kier alpha value is -1.95. The predicted molar refractivity (Wildman–Crippen MR) is 91.2 cm³/mol. The van der Waals surface area contributed by atoms with Crippen molar-refractivity contribution in [3.05, 3.63) is 35.6 Å². The van der Waals surface area contributed by atoms with Gasteiger partial charge in [0, 0.05) is 38.9 Å². The fourth-order valence-corrected chi connectivity index (χ4v) is 4.31. The first-order valence-electron chi connectivity index (χ1n) is 8.81. The number of carbonyl (C=O) groups is 2. The Bertz CT molecular complexity index is 651. The third-order valence-corrected chi connectivity index (χ3v) is 5.42. The van der Waals surface area contributed by atoms with E-state index in [0.29, 0.717) is 24.8 Å². The van der Waals surface area contributed by atoms with Gasteiger partial charge >= 0.3 is 5.97 Å². The number of methoxy groups -OCH3 is 1. The van der Waals surface area contributed by atoms with E-state index < -0.39 is 0 Å². The van der Waals surface area contributed by atoms with Gasteiger partial charge in [0.15, 0.2) is 0 Å². The van der Waals surface area contributed by atoms with E-state index in [1.54, 1.807) is 19.1 Å². The zero-order chi connectivity index (χ0) is 18.0. The average Bonchev–Trinajstić information content (AvgIpc) is 3.11. The number of rotatable bonds is 5. The normalized spacial score (nSPS) is 25.9. The van der Waals surface area contributed by atoms with Gasteiger partial charge in [-0.15, -0.1) is 0 Å². The van der Waals surface area contributed by atoms with Crippen LogP contribution in [0.1, 0.15) is 31.4 Å². The van der Waals surface area contributed by atoms with Crippen LogP contribution in [0, 0.1) is 17.7 Å². The lowest BCUT2D eigenvalue weighted by molar-refractivity contribution is -0.140. The van der Waals surface area contributed by atoms with Gasteiger partial charge in [-0.3, -0.25) is 9.59 Å². The van der Waals surface area contributed by atoms with Gasteiger partial charge < -0.3 is 14.5 Å². The van der Waals surface area contributed by atoms with Crippen LogP contribution in [0.4, 0.5) is 4.39 Å². The minimum absolute atomic E-state index is 0.0425. The van der Waals surface area contributed by atoms with E-state index in [2.05, 4.69) is 9.64 Å². The van der Waals surface area contributed by atoms with Crippen molar-refractivity contribution in [3.63, 3.8) is 0 Å². The van der Waals surface area contributed by atoms with E-state index in [1.165, 1.54) is 13.2 Å². The highest BCUT2D eigenvalue weighted by Gasteiger charge is 2.48. The van der Waals surface area contributed by atoms with Gasteiger partial charge in [-0.25, -0.2) is 4.39 Å². The fraction of sp³-hybridized carbons (Fsp3) is 0.579. The minimum atomic E-state index is -0.266. The number of nitrogens with zero attached hydrogens (tertiary/aromatic N) is 2. The number of hydrogen-bond acceptors (Lipinski definition) is 4. The molecule has 0 unspecified atom stereocenters. The molecule has 2 aliphatic rings. The molecule has 5 nitrogen and oxygen atoms in total. The number of likely N-dealkylation sites (tertiary alicyclic amines) is 2. The predicted octanol–water partition coefficient (Wildman–Crippen LogP) is 2.23. The monoisotopic (exact) mass is 348 g/mol. The Morgan fingerprint density at radius 1 is 1.28 bits per heavy atom. The zero-order valence-electron chi connectivity index (χ0n) is 14.8. The summed E-state index contributed by atoms with van der Waals surface area (Å²) in [5, 5.41) is 0. The van der Waals surface area contributed by atoms with Crippen molar-refractivity contribution in [1.29, 1.82) is 0 Å². The van der Waals surface area contributed by atoms with E-state index in [-0.39, 0.29) is 23.7 Å². The van der Waals surface area contributed by atoms with Gasteiger partial charge in [-0.2, -0.15) is 0 Å².